The van der Waals surface area contributed by atoms with Crippen molar-refractivity contribution in [1.29, 1.82) is 0 Å². The molecule has 0 aliphatic carbocycles. The van der Waals surface area contributed by atoms with Crippen LogP contribution >= 0.6 is 11.3 Å². The number of fused-ring (bicyclic) bond motifs is 1. The Labute approximate surface area is 170 Å². The Morgan fingerprint density at radius 3 is 2.60 bits per heavy atom. The SMILES string of the molecule is CN(CC#Cc1ccccc1F)c1nc(=O)c2cc(C(F)(F)F)cc([N+](=O)[O-])c2s1. The Hall–Kier alpha value is -3.52. The molecule has 0 aliphatic rings. The molecule has 3 rings (SSSR count). The molecule has 154 valence electrons. The monoisotopic (exact) mass is 437 g/mol. The van der Waals surface area contributed by atoms with Gasteiger partial charge in [0.1, 0.15) is 10.5 Å². The van der Waals surface area contributed by atoms with E-state index < -0.39 is 39.1 Å². The molecule has 0 N–H and O–H groups in total. The number of nitro groups is 1. The van der Waals surface area contributed by atoms with Crippen LogP contribution in [0.5, 0.6) is 0 Å². The third kappa shape index (κ3) is 4.38. The predicted octanol–water partition coefficient (Wildman–Crippen LogP) is 4.21. The molecule has 6 nitrogen and oxygen atoms in total. The first-order valence-corrected chi connectivity index (χ1v) is 9.04. The molecule has 30 heavy (non-hydrogen) atoms. The van der Waals surface area contributed by atoms with Crippen molar-refractivity contribution in [3.05, 3.63) is 73.8 Å². The maximum absolute atomic E-state index is 13.6. The minimum atomic E-state index is -4.85. The highest BCUT2D eigenvalue weighted by Crippen LogP contribution is 2.38. The van der Waals surface area contributed by atoms with E-state index in [0.29, 0.717) is 23.5 Å². The van der Waals surface area contributed by atoms with Crippen molar-refractivity contribution in [3.8, 4) is 11.8 Å². The average Bonchev–Trinajstić information content (AvgIpc) is 2.67. The van der Waals surface area contributed by atoms with Gasteiger partial charge in [-0.2, -0.15) is 18.2 Å². The Morgan fingerprint density at radius 2 is 1.97 bits per heavy atom. The zero-order valence-electron chi connectivity index (χ0n) is 15.2. The number of hydrogen-bond donors (Lipinski definition) is 0. The zero-order chi connectivity index (χ0) is 22.1. The Kier molecular flexibility index (Phi) is 5.71. The smallest absolute Gasteiger partial charge is 0.340 e. The number of aromatic nitrogens is 1. The summed E-state index contributed by atoms with van der Waals surface area (Å²) in [6.07, 6.45) is -4.85. The number of halogens is 4. The fraction of sp³-hybridized carbons (Fsp3) is 0.158. The Balaban J connectivity index is 2.02. The second kappa shape index (κ2) is 8.08. The van der Waals surface area contributed by atoms with E-state index in [2.05, 4.69) is 16.8 Å². The first-order chi connectivity index (χ1) is 14.1. The molecule has 1 heterocycles. The van der Waals surface area contributed by atoms with Gasteiger partial charge in [0.15, 0.2) is 5.13 Å². The molecule has 0 radical (unpaired) electrons. The number of alkyl halides is 3. The van der Waals surface area contributed by atoms with Gasteiger partial charge >= 0.3 is 6.18 Å². The van der Waals surface area contributed by atoms with E-state index in [1.807, 2.05) is 0 Å². The number of nitro benzene ring substituents is 1. The van der Waals surface area contributed by atoms with E-state index >= 15 is 0 Å². The lowest BCUT2D eigenvalue weighted by Gasteiger charge is -2.14. The van der Waals surface area contributed by atoms with E-state index in [4.69, 9.17) is 0 Å². The van der Waals surface area contributed by atoms with Gasteiger partial charge in [0.05, 0.1) is 28.0 Å². The highest BCUT2D eigenvalue weighted by molar-refractivity contribution is 7.22. The van der Waals surface area contributed by atoms with Crippen molar-refractivity contribution in [3.63, 3.8) is 0 Å². The van der Waals surface area contributed by atoms with Gasteiger partial charge in [-0.05, 0) is 18.2 Å². The molecule has 0 amide bonds. The van der Waals surface area contributed by atoms with Crippen LogP contribution in [0.25, 0.3) is 10.1 Å². The highest BCUT2D eigenvalue weighted by atomic mass is 32.1. The first-order valence-electron chi connectivity index (χ1n) is 8.23. The minimum absolute atomic E-state index is 0.00276. The molecular formula is C19H11F4N3O3S. The van der Waals surface area contributed by atoms with E-state index in [1.165, 1.54) is 30.1 Å². The maximum atomic E-state index is 13.6. The largest absolute Gasteiger partial charge is 0.416 e. The van der Waals surface area contributed by atoms with Gasteiger partial charge in [-0.25, -0.2) is 4.39 Å². The van der Waals surface area contributed by atoms with Crippen LogP contribution in [-0.2, 0) is 6.18 Å². The van der Waals surface area contributed by atoms with Gasteiger partial charge in [-0.3, -0.25) is 14.9 Å². The predicted molar refractivity (Wildman–Crippen MR) is 104 cm³/mol. The van der Waals surface area contributed by atoms with E-state index in [9.17, 15) is 32.5 Å². The third-order valence-electron chi connectivity index (χ3n) is 3.95. The lowest BCUT2D eigenvalue weighted by Crippen LogP contribution is -2.21. The van der Waals surface area contributed by atoms with E-state index in [-0.39, 0.29) is 21.9 Å². The van der Waals surface area contributed by atoms with Crippen molar-refractivity contribution < 1.29 is 22.5 Å². The van der Waals surface area contributed by atoms with Gasteiger partial charge in [-0.1, -0.05) is 35.3 Å². The summed E-state index contributed by atoms with van der Waals surface area (Å²) in [5.74, 6) is 4.81. The summed E-state index contributed by atoms with van der Waals surface area (Å²) >= 11 is 0.697. The third-order valence-corrected chi connectivity index (χ3v) is 5.17. The molecule has 0 saturated heterocycles. The van der Waals surface area contributed by atoms with Gasteiger partial charge in [-0.15, -0.1) is 0 Å². The molecular weight excluding hydrogens is 426 g/mol. The van der Waals surface area contributed by atoms with Crippen molar-refractivity contribution >= 4 is 32.2 Å². The lowest BCUT2D eigenvalue weighted by molar-refractivity contribution is -0.383. The topological polar surface area (TPSA) is 76.3 Å². The molecule has 1 aromatic heterocycles. The fourth-order valence-electron chi connectivity index (χ4n) is 2.49. The number of hydrogen-bond acceptors (Lipinski definition) is 6. The van der Waals surface area contributed by atoms with Crippen LogP contribution < -0.4 is 10.5 Å². The molecule has 0 bridgehead atoms. The van der Waals surface area contributed by atoms with Gasteiger partial charge in [0.2, 0.25) is 0 Å². The quantitative estimate of drug-likeness (QED) is 0.266. The second-order valence-electron chi connectivity index (χ2n) is 6.07. The molecule has 0 saturated carbocycles. The molecule has 0 spiro atoms. The van der Waals surface area contributed by atoms with Crippen LogP contribution in [0.2, 0.25) is 0 Å². The number of rotatable bonds is 3. The number of non-ortho nitro benzene ring substituents is 1. The molecule has 0 aliphatic heterocycles. The summed E-state index contributed by atoms with van der Waals surface area (Å²) < 4.78 is 52.4. The second-order valence-corrected chi connectivity index (χ2v) is 7.04. The summed E-state index contributed by atoms with van der Waals surface area (Å²) in [6, 6.07) is 6.80. The molecule has 2 aromatic carbocycles. The fourth-order valence-corrected chi connectivity index (χ4v) is 3.51. The van der Waals surface area contributed by atoms with Crippen molar-refractivity contribution in [1.82, 2.24) is 4.98 Å². The van der Waals surface area contributed by atoms with Crippen molar-refractivity contribution in [2.24, 2.45) is 0 Å². The van der Waals surface area contributed by atoms with Gasteiger partial charge < -0.3 is 4.90 Å². The summed E-state index contributed by atoms with van der Waals surface area (Å²) in [6.45, 7) is -0.00276. The van der Waals surface area contributed by atoms with Crippen LogP contribution in [0.4, 0.5) is 28.4 Å². The number of benzene rings is 2. The summed E-state index contributed by atoms with van der Waals surface area (Å²) in [7, 11) is 1.50. The molecule has 3 aromatic rings. The Bertz CT molecular complexity index is 1260. The molecule has 0 fully saturated rings. The molecule has 11 heteroatoms. The summed E-state index contributed by atoms with van der Waals surface area (Å²) in [4.78, 5) is 27.7. The summed E-state index contributed by atoms with van der Waals surface area (Å²) in [5, 5.41) is 10.8. The molecule has 0 atom stereocenters. The first kappa shape index (κ1) is 21.2. The summed E-state index contributed by atoms with van der Waals surface area (Å²) in [5.41, 5.74) is -3.00. The Morgan fingerprint density at radius 1 is 1.27 bits per heavy atom. The van der Waals surface area contributed by atoms with Crippen LogP contribution in [-0.4, -0.2) is 23.5 Å². The van der Waals surface area contributed by atoms with Crippen LogP contribution in [0.15, 0.2) is 41.2 Å². The van der Waals surface area contributed by atoms with Crippen LogP contribution in [0.3, 0.4) is 0 Å². The maximum Gasteiger partial charge on any atom is 0.416 e. The molecule has 0 unspecified atom stereocenters. The normalized spacial score (nSPS) is 11.1. The van der Waals surface area contributed by atoms with Gasteiger partial charge in [0, 0.05) is 13.1 Å². The van der Waals surface area contributed by atoms with Crippen molar-refractivity contribution in [2.75, 3.05) is 18.5 Å². The van der Waals surface area contributed by atoms with E-state index in [0.717, 1.165) is 0 Å². The lowest BCUT2D eigenvalue weighted by atomic mass is 10.1. The van der Waals surface area contributed by atoms with E-state index in [1.54, 1.807) is 6.07 Å². The minimum Gasteiger partial charge on any atom is -0.340 e. The van der Waals surface area contributed by atoms with Crippen molar-refractivity contribution in [2.45, 2.75) is 6.18 Å². The zero-order valence-corrected chi connectivity index (χ0v) is 16.0. The van der Waals surface area contributed by atoms with Crippen LogP contribution in [0.1, 0.15) is 11.1 Å². The van der Waals surface area contributed by atoms with Gasteiger partial charge in [0.25, 0.3) is 11.2 Å². The number of anilines is 1. The number of nitrogens with zero attached hydrogens (tertiary/aromatic N) is 3. The average molecular weight is 437 g/mol. The standard InChI is InChI=1S/C19H11F4N3O3S/c1-25(8-4-6-11-5-2-3-7-14(11)20)18-24-17(27)13-9-12(19(21,22)23)10-15(26(28)29)16(13)30-18/h2-3,5,7,9-10H,8H2,1H3. The highest BCUT2D eigenvalue weighted by Gasteiger charge is 2.34. The van der Waals surface area contributed by atoms with Crippen LogP contribution in [0, 0.1) is 27.8 Å².